The molecule has 0 aliphatic heterocycles. The van der Waals surface area contributed by atoms with Crippen LogP contribution in [0.2, 0.25) is 0 Å². The molecule has 19 heavy (non-hydrogen) atoms. The van der Waals surface area contributed by atoms with Gasteiger partial charge in [0, 0.05) is 16.9 Å². The molecule has 3 N–H and O–H groups in total. The number of amides is 1. The van der Waals surface area contributed by atoms with Crippen LogP contribution in [0.4, 0.5) is 15.8 Å². The Morgan fingerprint density at radius 3 is 2.68 bits per heavy atom. The Balaban J connectivity index is 2.17. The predicted octanol–water partition coefficient (Wildman–Crippen LogP) is 3.22. The van der Waals surface area contributed by atoms with Gasteiger partial charge in [-0.15, -0.1) is 0 Å². The van der Waals surface area contributed by atoms with E-state index in [9.17, 15) is 9.18 Å². The molecule has 2 aromatic rings. The smallest absolute Gasteiger partial charge is 0.255 e. The molecule has 0 bridgehead atoms. The highest BCUT2D eigenvalue weighted by molar-refractivity contribution is 6.04. The summed E-state index contributed by atoms with van der Waals surface area (Å²) in [7, 11) is 0. The summed E-state index contributed by atoms with van der Waals surface area (Å²) in [5, 5.41) is 2.69. The van der Waals surface area contributed by atoms with Crippen LogP contribution in [0.5, 0.6) is 0 Å². The Morgan fingerprint density at radius 1 is 1.26 bits per heavy atom. The maximum absolute atomic E-state index is 13.0. The second kappa shape index (κ2) is 5.52. The lowest BCUT2D eigenvalue weighted by molar-refractivity contribution is 0.102. The molecule has 0 aliphatic carbocycles. The van der Waals surface area contributed by atoms with E-state index in [0.717, 1.165) is 12.0 Å². The number of rotatable bonds is 3. The van der Waals surface area contributed by atoms with E-state index in [1.165, 1.54) is 18.2 Å². The first-order valence-corrected chi connectivity index (χ1v) is 6.05. The lowest BCUT2D eigenvalue weighted by Crippen LogP contribution is -2.12. The van der Waals surface area contributed by atoms with Crippen molar-refractivity contribution in [2.75, 3.05) is 11.1 Å². The maximum Gasteiger partial charge on any atom is 0.255 e. The highest BCUT2D eigenvalue weighted by Crippen LogP contribution is 2.19. The minimum atomic E-state index is -0.437. The van der Waals surface area contributed by atoms with Crippen molar-refractivity contribution in [2.45, 2.75) is 13.3 Å². The molecule has 0 unspecified atom stereocenters. The largest absolute Gasteiger partial charge is 0.398 e. The van der Waals surface area contributed by atoms with Crippen LogP contribution in [0, 0.1) is 5.82 Å². The van der Waals surface area contributed by atoms with Gasteiger partial charge in [-0.25, -0.2) is 4.39 Å². The van der Waals surface area contributed by atoms with Crippen LogP contribution in [0.1, 0.15) is 22.8 Å². The Kier molecular flexibility index (Phi) is 3.80. The number of anilines is 2. The van der Waals surface area contributed by atoms with E-state index < -0.39 is 5.82 Å². The Labute approximate surface area is 111 Å². The molecular formula is C15H15FN2O. The SMILES string of the molecule is CCc1ccc(NC(=O)c2cccc(F)c2)cc1N. The van der Waals surface area contributed by atoms with E-state index in [0.29, 0.717) is 11.4 Å². The summed E-state index contributed by atoms with van der Waals surface area (Å²) < 4.78 is 13.0. The minimum absolute atomic E-state index is 0.276. The number of halogens is 1. The highest BCUT2D eigenvalue weighted by Gasteiger charge is 2.07. The average Bonchev–Trinajstić information content (AvgIpc) is 2.39. The maximum atomic E-state index is 13.0. The zero-order chi connectivity index (χ0) is 13.8. The molecule has 0 aliphatic rings. The van der Waals surface area contributed by atoms with Crippen molar-refractivity contribution in [3.8, 4) is 0 Å². The molecule has 1 amide bonds. The predicted molar refractivity (Wildman–Crippen MR) is 74.6 cm³/mol. The average molecular weight is 258 g/mol. The van der Waals surface area contributed by atoms with Gasteiger partial charge in [0.15, 0.2) is 0 Å². The van der Waals surface area contributed by atoms with Gasteiger partial charge in [0.1, 0.15) is 5.82 Å². The Bertz CT molecular complexity index is 611. The van der Waals surface area contributed by atoms with Crippen molar-refractivity contribution < 1.29 is 9.18 Å². The monoisotopic (exact) mass is 258 g/mol. The van der Waals surface area contributed by atoms with E-state index in [1.807, 2.05) is 13.0 Å². The van der Waals surface area contributed by atoms with Crippen LogP contribution in [-0.2, 0) is 6.42 Å². The van der Waals surface area contributed by atoms with Crippen LogP contribution >= 0.6 is 0 Å². The molecule has 3 nitrogen and oxygen atoms in total. The van der Waals surface area contributed by atoms with Crippen molar-refractivity contribution in [1.29, 1.82) is 0 Å². The molecule has 0 radical (unpaired) electrons. The van der Waals surface area contributed by atoms with Gasteiger partial charge in [0.05, 0.1) is 0 Å². The quantitative estimate of drug-likeness (QED) is 0.830. The van der Waals surface area contributed by atoms with Crippen LogP contribution in [-0.4, -0.2) is 5.91 Å². The number of carbonyl (C=O) groups is 1. The van der Waals surface area contributed by atoms with Gasteiger partial charge in [0.25, 0.3) is 5.91 Å². The second-order valence-corrected chi connectivity index (χ2v) is 4.23. The third-order valence-corrected chi connectivity index (χ3v) is 2.87. The van der Waals surface area contributed by atoms with Gasteiger partial charge < -0.3 is 11.1 Å². The molecule has 0 saturated heterocycles. The molecule has 0 atom stereocenters. The molecule has 0 heterocycles. The normalized spacial score (nSPS) is 10.2. The highest BCUT2D eigenvalue weighted by atomic mass is 19.1. The summed E-state index contributed by atoms with van der Waals surface area (Å²) in [5.41, 5.74) is 8.41. The molecule has 98 valence electrons. The number of carbonyl (C=O) groups excluding carboxylic acids is 1. The fourth-order valence-corrected chi connectivity index (χ4v) is 1.83. The second-order valence-electron chi connectivity index (χ2n) is 4.23. The summed E-state index contributed by atoms with van der Waals surface area (Å²) in [6.45, 7) is 2.01. The van der Waals surface area contributed by atoms with Crippen LogP contribution in [0.3, 0.4) is 0 Å². The number of hydrogen-bond acceptors (Lipinski definition) is 2. The lowest BCUT2D eigenvalue weighted by Gasteiger charge is -2.08. The molecule has 2 rings (SSSR count). The molecular weight excluding hydrogens is 243 g/mol. The number of nitrogen functional groups attached to an aromatic ring is 1. The van der Waals surface area contributed by atoms with Gasteiger partial charge in [0.2, 0.25) is 0 Å². The van der Waals surface area contributed by atoms with E-state index in [4.69, 9.17) is 5.73 Å². The van der Waals surface area contributed by atoms with Crippen molar-refractivity contribution >= 4 is 17.3 Å². The molecule has 0 aromatic heterocycles. The summed E-state index contributed by atoms with van der Waals surface area (Å²) in [4.78, 5) is 11.9. The summed E-state index contributed by atoms with van der Waals surface area (Å²) >= 11 is 0. The van der Waals surface area contributed by atoms with Crippen LogP contribution in [0.15, 0.2) is 42.5 Å². The van der Waals surface area contributed by atoms with E-state index >= 15 is 0 Å². The fourth-order valence-electron chi connectivity index (χ4n) is 1.83. The standard InChI is InChI=1S/C15H15FN2O/c1-2-10-6-7-13(9-14(10)17)18-15(19)11-4-3-5-12(16)8-11/h3-9H,2,17H2,1H3,(H,18,19). The lowest BCUT2D eigenvalue weighted by atomic mass is 10.1. The summed E-state index contributed by atoms with van der Waals surface area (Å²) in [6.07, 6.45) is 0.837. The number of benzene rings is 2. The number of nitrogens with one attached hydrogen (secondary N) is 1. The third kappa shape index (κ3) is 3.10. The zero-order valence-electron chi connectivity index (χ0n) is 10.6. The number of aryl methyl sites for hydroxylation is 1. The number of nitrogens with two attached hydrogens (primary N) is 1. The molecule has 0 spiro atoms. The molecule has 0 saturated carbocycles. The van der Waals surface area contributed by atoms with Gasteiger partial charge in [-0.05, 0) is 42.3 Å². The number of hydrogen-bond donors (Lipinski definition) is 2. The van der Waals surface area contributed by atoms with Crippen molar-refractivity contribution in [1.82, 2.24) is 0 Å². The summed E-state index contributed by atoms with van der Waals surface area (Å²) in [5.74, 6) is -0.795. The zero-order valence-corrected chi connectivity index (χ0v) is 10.6. The van der Waals surface area contributed by atoms with E-state index in [1.54, 1.807) is 18.2 Å². The van der Waals surface area contributed by atoms with Gasteiger partial charge in [-0.3, -0.25) is 4.79 Å². The van der Waals surface area contributed by atoms with Gasteiger partial charge in [-0.2, -0.15) is 0 Å². The van der Waals surface area contributed by atoms with Crippen LogP contribution < -0.4 is 11.1 Å². The van der Waals surface area contributed by atoms with Gasteiger partial charge in [-0.1, -0.05) is 19.1 Å². The first-order valence-electron chi connectivity index (χ1n) is 6.05. The van der Waals surface area contributed by atoms with E-state index in [-0.39, 0.29) is 11.5 Å². The van der Waals surface area contributed by atoms with Crippen molar-refractivity contribution in [3.63, 3.8) is 0 Å². The third-order valence-electron chi connectivity index (χ3n) is 2.87. The van der Waals surface area contributed by atoms with E-state index in [2.05, 4.69) is 5.32 Å². The molecule has 4 heteroatoms. The summed E-state index contributed by atoms with van der Waals surface area (Å²) in [6, 6.07) is 10.9. The Hall–Kier alpha value is -2.36. The Morgan fingerprint density at radius 2 is 2.05 bits per heavy atom. The first-order chi connectivity index (χ1) is 9.10. The van der Waals surface area contributed by atoms with Crippen LogP contribution in [0.25, 0.3) is 0 Å². The van der Waals surface area contributed by atoms with Crippen molar-refractivity contribution in [3.05, 3.63) is 59.4 Å². The fraction of sp³-hybridized carbons (Fsp3) is 0.133. The van der Waals surface area contributed by atoms with Gasteiger partial charge >= 0.3 is 0 Å². The first kappa shape index (κ1) is 13.1. The minimum Gasteiger partial charge on any atom is -0.398 e. The topological polar surface area (TPSA) is 55.1 Å². The molecule has 0 fully saturated rings. The van der Waals surface area contributed by atoms with Crippen molar-refractivity contribution in [2.24, 2.45) is 0 Å². The molecule has 2 aromatic carbocycles.